The van der Waals surface area contributed by atoms with Crippen LogP contribution < -0.4 is 10.1 Å². The average molecular weight is 342 g/mol. The fraction of sp³-hybridized carbons (Fsp3) is 0.214. The molecule has 0 saturated carbocycles. The molecule has 0 fully saturated rings. The van der Waals surface area contributed by atoms with Crippen LogP contribution in [0.2, 0.25) is 5.02 Å². The van der Waals surface area contributed by atoms with Gasteiger partial charge >= 0.3 is 0 Å². The first-order valence-corrected chi connectivity index (χ1v) is 7.15. The minimum Gasteiger partial charge on any atom is -0.437 e. The summed E-state index contributed by atoms with van der Waals surface area (Å²) in [5.74, 6) is 1.16. The summed E-state index contributed by atoms with van der Waals surface area (Å²) in [4.78, 5) is 4.26. The van der Waals surface area contributed by atoms with Crippen LogP contribution in [0.5, 0.6) is 11.6 Å². The molecule has 0 amide bonds. The molecule has 0 unspecified atom stereocenters. The van der Waals surface area contributed by atoms with Crippen molar-refractivity contribution >= 4 is 27.5 Å². The highest BCUT2D eigenvalue weighted by Gasteiger charge is 2.09. The van der Waals surface area contributed by atoms with E-state index in [0.29, 0.717) is 23.2 Å². The molecular formula is C14H14BrClN2O. The number of rotatable bonds is 5. The molecule has 1 heterocycles. The first kappa shape index (κ1) is 14.3. The van der Waals surface area contributed by atoms with E-state index in [-0.39, 0.29) is 0 Å². The lowest BCUT2D eigenvalue weighted by Crippen LogP contribution is -2.12. The Kier molecular flexibility index (Phi) is 5.19. The van der Waals surface area contributed by atoms with Crippen LogP contribution in [-0.4, -0.2) is 11.5 Å². The van der Waals surface area contributed by atoms with E-state index in [2.05, 4.69) is 33.2 Å². The maximum Gasteiger partial charge on any atom is 0.223 e. The summed E-state index contributed by atoms with van der Waals surface area (Å²) in [6.07, 6.45) is 1.71. The van der Waals surface area contributed by atoms with Crippen LogP contribution >= 0.6 is 27.5 Å². The minimum atomic E-state index is 0.559. The van der Waals surface area contributed by atoms with Crippen molar-refractivity contribution in [3.8, 4) is 11.6 Å². The topological polar surface area (TPSA) is 34.2 Å². The first-order chi connectivity index (χ1) is 9.20. The van der Waals surface area contributed by atoms with Gasteiger partial charge in [0.1, 0.15) is 5.75 Å². The minimum absolute atomic E-state index is 0.559. The molecule has 5 heteroatoms. The van der Waals surface area contributed by atoms with Crippen molar-refractivity contribution in [1.29, 1.82) is 0 Å². The zero-order valence-corrected chi connectivity index (χ0v) is 12.8. The van der Waals surface area contributed by atoms with Gasteiger partial charge in [0, 0.05) is 22.8 Å². The second-order valence-electron chi connectivity index (χ2n) is 3.92. The number of hydrogen-bond acceptors (Lipinski definition) is 3. The van der Waals surface area contributed by atoms with E-state index < -0.39 is 0 Å². The van der Waals surface area contributed by atoms with Crippen LogP contribution in [0.25, 0.3) is 0 Å². The lowest BCUT2D eigenvalue weighted by molar-refractivity contribution is 0.453. The molecule has 0 bridgehead atoms. The monoisotopic (exact) mass is 340 g/mol. The maximum atomic E-state index is 6.11. The molecule has 0 atom stereocenters. The molecule has 1 aromatic heterocycles. The molecule has 0 radical (unpaired) electrons. The molecule has 2 aromatic rings. The Morgan fingerprint density at radius 2 is 2.21 bits per heavy atom. The molecule has 3 nitrogen and oxygen atoms in total. The number of ether oxygens (including phenoxy) is 1. The average Bonchev–Trinajstić information content (AvgIpc) is 2.42. The molecule has 0 spiro atoms. The summed E-state index contributed by atoms with van der Waals surface area (Å²) in [7, 11) is 0. The zero-order chi connectivity index (χ0) is 13.7. The summed E-state index contributed by atoms with van der Waals surface area (Å²) in [6, 6.07) is 9.36. The van der Waals surface area contributed by atoms with E-state index in [9.17, 15) is 0 Å². The first-order valence-electron chi connectivity index (χ1n) is 5.98. The Morgan fingerprint density at radius 1 is 1.37 bits per heavy atom. The molecule has 2 rings (SSSR count). The Bertz CT molecular complexity index is 563. The second kappa shape index (κ2) is 6.89. The summed E-state index contributed by atoms with van der Waals surface area (Å²) in [5, 5.41) is 3.81. The fourth-order valence-electron chi connectivity index (χ4n) is 1.57. The second-order valence-corrected chi connectivity index (χ2v) is 5.25. The van der Waals surface area contributed by atoms with Crippen molar-refractivity contribution in [3.63, 3.8) is 0 Å². The Balaban J connectivity index is 2.25. The van der Waals surface area contributed by atoms with Crippen LogP contribution in [0.3, 0.4) is 0 Å². The fourth-order valence-corrected chi connectivity index (χ4v) is 2.07. The Hall–Kier alpha value is -1.10. The van der Waals surface area contributed by atoms with Crippen molar-refractivity contribution < 1.29 is 4.74 Å². The molecule has 0 saturated heterocycles. The highest BCUT2D eigenvalue weighted by molar-refractivity contribution is 9.10. The smallest absolute Gasteiger partial charge is 0.223 e. The highest BCUT2D eigenvalue weighted by atomic mass is 79.9. The van der Waals surface area contributed by atoms with Crippen LogP contribution in [0.4, 0.5) is 0 Å². The molecular weight excluding hydrogens is 328 g/mol. The van der Waals surface area contributed by atoms with E-state index in [0.717, 1.165) is 16.6 Å². The quantitative estimate of drug-likeness (QED) is 0.875. The molecule has 1 aromatic carbocycles. The lowest BCUT2D eigenvalue weighted by Gasteiger charge is -2.11. The van der Waals surface area contributed by atoms with Gasteiger partial charge in [0.2, 0.25) is 5.88 Å². The Morgan fingerprint density at radius 3 is 3.00 bits per heavy atom. The zero-order valence-electron chi connectivity index (χ0n) is 10.5. The molecule has 0 aliphatic carbocycles. The van der Waals surface area contributed by atoms with Gasteiger partial charge in [0.25, 0.3) is 0 Å². The van der Waals surface area contributed by atoms with Gasteiger partial charge in [0.05, 0.1) is 5.02 Å². The van der Waals surface area contributed by atoms with Crippen molar-refractivity contribution in [2.45, 2.75) is 13.5 Å². The van der Waals surface area contributed by atoms with Gasteiger partial charge in [-0.3, -0.25) is 0 Å². The third-order valence-corrected chi connectivity index (χ3v) is 3.32. The van der Waals surface area contributed by atoms with Crippen LogP contribution in [0.15, 0.2) is 41.0 Å². The van der Waals surface area contributed by atoms with Crippen molar-refractivity contribution in [3.05, 3.63) is 51.6 Å². The number of aromatic nitrogens is 1. The predicted molar refractivity (Wildman–Crippen MR) is 80.8 cm³/mol. The Labute approximate surface area is 126 Å². The molecule has 1 N–H and O–H groups in total. The van der Waals surface area contributed by atoms with E-state index in [1.165, 1.54) is 0 Å². The largest absolute Gasteiger partial charge is 0.437 e. The van der Waals surface area contributed by atoms with Crippen LogP contribution in [0, 0.1) is 0 Å². The summed E-state index contributed by atoms with van der Waals surface area (Å²) in [6.45, 7) is 3.67. The number of halogens is 2. The highest BCUT2D eigenvalue weighted by Crippen LogP contribution is 2.32. The third-order valence-electron chi connectivity index (χ3n) is 2.52. The molecule has 100 valence electrons. The van der Waals surface area contributed by atoms with E-state index in [4.69, 9.17) is 16.3 Å². The molecule has 0 aliphatic heterocycles. The van der Waals surface area contributed by atoms with Gasteiger partial charge in [-0.15, -0.1) is 0 Å². The van der Waals surface area contributed by atoms with Gasteiger partial charge in [0.15, 0.2) is 0 Å². The van der Waals surface area contributed by atoms with Crippen molar-refractivity contribution in [2.75, 3.05) is 6.54 Å². The summed E-state index contributed by atoms with van der Waals surface area (Å²) < 4.78 is 6.72. The van der Waals surface area contributed by atoms with Crippen molar-refractivity contribution in [2.24, 2.45) is 0 Å². The number of pyridine rings is 1. The maximum absolute atomic E-state index is 6.11. The van der Waals surface area contributed by atoms with Crippen LogP contribution in [-0.2, 0) is 6.54 Å². The van der Waals surface area contributed by atoms with Gasteiger partial charge in [-0.1, -0.05) is 40.5 Å². The number of nitrogens with one attached hydrogen (secondary N) is 1. The van der Waals surface area contributed by atoms with Gasteiger partial charge in [-0.25, -0.2) is 4.98 Å². The number of nitrogens with zero attached hydrogens (tertiary/aromatic N) is 1. The van der Waals surface area contributed by atoms with E-state index >= 15 is 0 Å². The van der Waals surface area contributed by atoms with Gasteiger partial charge in [-0.05, 0) is 30.8 Å². The van der Waals surface area contributed by atoms with Crippen LogP contribution in [0.1, 0.15) is 12.5 Å². The SMILES string of the molecule is CCNCc1cccnc1Oc1cc(Br)ccc1Cl. The lowest BCUT2D eigenvalue weighted by atomic mass is 10.2. The summed E-state index contributed by atoms with van der Waals surface area (Å²) in [5.41, 5.74) is 1.00. The van der Waals surface area contributed by atoms with Gasteiger partial charge in [-0.2, -0.15) is 0 Å². The normalized spacial score (nSPS) is 10.5. The number of benzene rings is 1. The van der Waals surface area contributed by atoms with Gasteiger partial charge < -0.3 is 10.1 Å². The standard InChI is InChI=1S/C14H14BrClN2O/c1-2-17-9-10-4-3-7-18-14(10)19-13-8-11(15)5-6-12(13)16/h3-8,17H,2,9H2,1H3. The predicted octanol–water partition coefficient (Wildman–Crippen LogP) is 4.40. The number of hydrogen-bond donors (Lipinski definition) is 1. The molecule has 0 aliphatic rings. The molecule has 19 heavy (non-hydrogen) atoms. The summed E-state index contributed by atoms with van der Waals surface area (Å²) >= 11 is 9.51. The van der Waals surface area contributed by atoms with E-state index in [1.54, 1.807) is 12.3 Å². The van der Waals surface area contributed by atoms with Crippen molar-refractivity contribution in [1.82, 2.24) is 10.3 Å². The third kappa shape index (κ3) is 3.93. The van der Waals surface area contributed by atoms with E-state index in [1.807, 2.05) is 24.3 Å².